The number of anilines is 1. The molecule has 202 valence electrons. The molecule has 0 aliphatic heterocycles. The molecule has 1 aromatic carbocycles. The highest BCUT2D eigenvalue weighted by Gasteiger charge is 2.17. The first-order chi connectivity index (χ1) is 19.1. The smallest absolute Gasteiger partial charge is 0.147 e. The van der Waals surface area contributed by atoms with Crippen molar-refractivity contribution < 1.29 is 12.8 Å². The van der Waals surface area contributed by atoms with Crippen molar-refractivity contribution in [1.82, 2.24) is 30.1 Å². The zero-order valence-electron chi connectivity index (χ0n) is 22.1. The van der Waals surface area contributed by atoms with Crippen molar-refractivity contribution in [1.29, 1.82) is 0 Å². The molecule has 40 heavy (non-hydrogen) atoms. The Morgan fingerprint density at radius 2 is 1.85 bits per heavy atom. The molecule has 0 amide bonds. The number of fused-ring (bicyclic) bond motifs is 2. The van der Waals surface area contributed by atoms with Crippen LogP contribution >= 0.6 is 0 Å². The van der Waals surface area contributed by atoms with E-state index in [4.69, 9.17) is 4.98 Å². The van der Waals surface area contributed by atoms with Gasteiger partial charge in [0.2, 0.25) is 0 Å². The van der Waals surface area contributed by atoms with Gasteiger partial charge in [0, 0.05) is 43.7 Å². The standard InChI is InChI=1S/C29H26FN7O2S/c1-37(2)21-13-19(15-31-16-21)24-4-5-25-27(33-24)28(36-35-25)26-14-23-22(6-8-32-29(23)34-26)18-10-17(11-20(30)12-18)7-9-40(3,38)39/h4-6,8,10-16H,7,9H2,1-3H3,(H,32,34)(H,35,36). The number of benzene rings is 1. The number of sulfone groups is 1. The zero-order valence-corrected chi connectivity index (χ0v) is 22.9. The lowest BCUT2D eigenvalue weighted by Gasteiger charge is -2.12. The summed E-state index contributed by atoms with van der Waals surface area (Å²) in [5.41, 5.74) is 8.07. The maximum atomic E-state index is 14.6. The van der Waals surface area contributed by atoms with Crippen LogP contribution in [0.5, 0.6) is 0 Å². The number of aromatic nitrogens is 6. The molecule has 5 aromatic heterocycles. The average Bonchev–Trinajstić information content (AvgIpc) is 3.55. The molecule has 0 aliphatic carbocycles. The molecule has 0 aliphatic rings. The molecule has 6 rings (SSSR count). The van der Waals surface area contributed by atoms with Crippen LogP contribution in [0.3, 0.4) is 0 Å². The van der Waals surface area contributed by atoms with Crippen molar-refractivity contribution in [3.63, 3.8) is 0 Å². The Morgan fingerprint density at radius 1 is 1.00 bits per heavy atom. The normalized spacial score (nSPS) is 11.9. The van der Waals surface area contributed by atoms with E-state index in [9.17, 15) is 12.8 Å². The van der Waals surface area contributed by atoms with Crippen molar-refractivity contribution in [3.05, 3.63) is 78.5 Å². The predicted octanol–water partition coefficient (Wildman–Crippen LogP) is 5.02. The molecule has 0 atom stereocenters. The molecule has 0 spiro atoms. The highest BCUT2D eigenvalue weighted by atomic mass is 32.2. The largest absolute Gasteiger partial charge is 0.376 e. The van der Waals surface area contributed by atoms with Gasteiger partial charge in [0.1, 0.15) is 32.5 Å². The molecular formula is C29H26FN7O2S. The van der Waals surface area contributed by atoms with E-state index in [1.54, 1.807) is 18.6 Å². The van der Waals surface area contributed by atoms with Crippen LogP contribution in [0.1, 0.15) is 5.56 Å². The first kappa shape index (κ1) is 25.6. The average molecular weight is 556 g/mol. The Morgan fingerprint density at radius 3 is 2.65 bits per heavy atom. The minimum Gasteiger partial charge on any atom is -0.376 e. The third-order valence-electron chi connectivity index (χ3n) is 6.76. The van der Waals surface area contributed by atoms with E-state index in [2.05, 4.69) is 25.1 Å². The van der Waals surface area contributed by atoms with Crippen LogP contribution in [0.15, 0.2) is 67.1 Å². The molecule has 2 N–H and O–H groups in total. The predicted molar refractivity (Wildman–Crippen MR) is 155 cm³/mol. The monoisotopic (exact) mass is 555 g/mol. The van der Waals surface area contributed by atoms with Gasteiger partial charge in [0.25, 0.3) is 0 Å². The van der Waals surface area contributed by atoms with E-state index in [0.29, 0.717) is 33.7 Å². The summed E-state index contributed by atoms with van der Waals surface area (Å²) in [4.78, 5) is 19.1. The van der Waals surface area contributed by atoms with Gasteiger partial charge in [0.05, 0.1) is 34.5 Å². The summed E-state index contributed by atoms with van der Waals surface area (Å²) in [6.07, 6.45) is 6.64. The van der Waals surface area contributed by atoms with E-state index < -0.39 is 15.7 Å². The topological polar surface area (TPSA) is 121 Å². The minimum atomic E-state index is -3.17. The number of aromatic amines is 2. The van der Waals surface area contributed by atoms with Gasteiger partial charge >= 0.3 is 0 Å². The number of H-pyrrole nitrogens is 2. The SMILES string of the molecule is CN(C)c1cncc(-c2ccc3[nH]nc(-c4cc5c(-c6cc(F)cc(CCS(C)(=O)=O)c6)ccnc5[nH]4)c3n2)c1. The summed E-state index contributed by atoms with van der Waals surface area (Å²) in [7, 11) is 0.752. The number of aryl methyl sites for hydroxylation is 1. The van der Waals surface area contributed by atoms with E-state index in [1.165, 1.54) is 18.4 Å². The maximum Gasteiger partial charge on any atom is 0.147 e. The lowest BCUT2D eigenvalue weighted by Crippen LogP contribution is -2.08. The van der Waals surface area contributed by atoms with Crippen molar-refractivity contribution in [3.8, 4) is 33.8 Å². The van der Waals surface area contributed by atoms with Gasteiger partial charge in [-0.05, 0) is 65.6 Å². The third-order valence-corrected chi connectivity index (χ3v) is 7.71. The maximum absolute atomic E-state index is 14.6. The number of pyridine rings is 3. The number of hydrogen-bond acceptors (Lipinski definition) is 7. The summed E-state index contributed by atoms with van der Waals surface area (Å²) in [5.74, 6) is -0.475. The number of nitrogens with zero attached hydrogens (tertiary/aromatic N) is 5. The Bertz CT molecular complexity index is 2000. The van der Waals surface area contributed by atoms with Crippen molar-refractivity contribution in [2.75, 3.05) is 31.0 Å². The summed E-state index contributed by atoms with van der Waals surface area (Å²) < 4.78 is 37.9. The molecular weight excluding hydrogens is 529 g/mol. The van der Waals surface area contributed by atoms with Crippen LogP contribution in [0.2, 0.25) is 0 Å². The second-order valence-corrected chi connectivity index (χ2v) is 12.3. The Hall–Kier alpha value is -4.64. The Kier molecular flexibility index (Phi) is 6.30. The van der Waals surface area contributed by atoms with E-state index in [1.807, 2.05) is 55.4 Å². The quantitative estimate of drug-likeness (QED) is 0.284. The van der Waals surface area contributed by atoms with Gasteiger partial charge in [0.15, 0.2) is 0 Å². The van der Waals surface area contributed by atoms with Gasteiger partial charge in [-0.3, -0.25) is 10.1 Å². The van der Waals surface area contributed by atoms with Crippen LogP contribution < -0.4 is 4.90 Å². The molecule has 9 nitrogen and oxygen atoms in total. The highest BCUT2D eigenvalue weighted by Crippen LogP contribution is 2.34. The van der Waals surface area contributed by atoms with Gasteiger partial charge in [-0.1, -0.05) is 6.07 Å². The van der Waals surface area contributed by atoms with Crippen LogP contribution in [0, 0.1) is 5.82 Å². The first-order valence-corrected chi connectivity index (χ1v) is 14.6. The van der Waals surface area contributed by atoms with Gasteiger partial charge in [-0.15, -0.1) is 0 Å². The number of halogens is 1. The minimum absolute atomic E-state index is 0.0489. The summed E-state index contributed by atoms with van der Waals surface area (Å²) in [6, 6.07) is 14.3. The van der Waals surface area contributed by atoms with Crippen LogP contribution in [-0.2, 0) is 16.3 Å². The van der Waals surface area contributed by atoms with Crippen molar-refractivity contribution in [2.24, 2.45) is 0 Å². The van der Waals surface area contributed by atoms with Crippen LogP contribution in [-0.4, -0.2) is 64.7 Å². The number of rotatable bonds is 7. The van der Waals surface area contributed by atoms with Crippen LogP contribution in [0.4, 0.5) is 10.1 Å². The second-order valence-electron chi connectivity index (χ2n) is 10.0. The molecule has 0 unspecified atom stereocenters. The van der Waals surface area contributed by atoms with E-state index >= 15 is 0 Å². The fourth-order valence-corrected chi connectivity index (χ4v) is 5.33. The van der Waals surface area contributed by atoms with E-state index in [0.717, 1.165) is 33.4 Å². The lowest BCUT2D eigenvalue weighted by molar-refractivity contribution is 0.600. The molecule has 0 saturated heterocycles. The summed E-state index contributed by atoms with van der Waals surface area (Å²) in [5, 5.41) is 8.37. The molecule has 5 heterocycles. The number of hydrogen-bond donors (Lipinski definition) is 2. The van der Waals surface area contributed by atoms with Gasteiger partial charge in [-0.25, -0.2) is 22.8 Å². The number of nitrogens with one attached hydrogen (secondary N) is 2. The Balaban J connectivity index is 1.42. The summed E-state index contributed by atoms with van der Waals surface area (Å²) >= 11 is 0. The fraction of sp³-hybridized carbons (Fsp3) is 0.172. The molecule has 0 bridgehead atoms. The first-order valence-electron chi connectivity index (χ1n) is 12.6. The third kappa shape index (κ3) is 5.03. The lowest BCUT2D eigenvalue weighted by atomic mass is 10.00. The molecule has 0 radical (unpaired) electrons. The molecule has 11 heteroatoms. The Labute approximate surface area is 230 Å². The van der Waals surface area contributed by atoms with Crippen LogP contribution in [0.25, 0.3) is 55.8 Å². The van der Waals surface area contributed by atoms with Gasteiger partial charge in [-0.2, -0.15) is 5.10 Å². The second kappa shape index (κ2) is 9.83. The van der Waals surface area contributed by atoms with Crippen molar-refractivity contribution >= 4 is 37.6 Å². The van der Waals surface area contributed by atoms with E-state index in [-0.39, 0.29) is 12.2 Å². The fourth-order valence-electron chi connectivity index (χ4n) is 4.72. The zero-order chi connectivity index (χ0) is 28.0. The molecule has 6 aromatic rings. The molecule has 0 fully saturated rings. The van der Waals surface area contributed by atoms with Crippen molar-refractivity contribution in [2.45, 2.75) is 6.42 Å². The highest BCUT2D eigenvalue weighted by molar-refractivity contribution is 7.90. The molecule has 0 saturated carbocycles. The van der Waals surface area contributed by atoms with Gasteiger partial charge < -0.3 is 9.88 Å². The summed E-state index contributed by atoms with van der Waals surface area (Å²) in [6.45, 7) is 0.